The maximum absolute atomic E-state index is 12.0. The van der Waals surface area contributed by atoms with Gasteiger partial charge in [-0.05, 0) is 57.9 Å². The molecule has 0 aliphatic heterocycles. The van der Waals surface area contributed by atoms with Crippen LogP contribution in [0.25, 0.3) is 0 Å². The molecule has 0 radical (unpaired) electrons. The molecule has 3 rings (SSSR count). The van der Waals surface area contributed by atoms with Crippen LogP contribution >= 0.6 is 11.6 Å². The highest BCUT2D eigenvalue weighted by molar-refractivity contribution is 6.30. The van der Waals surface area contributed by atoms with E-state index in [2.05, 4.69) is 10.6 Å². The van der Waals surface area contributed by atoms with Crippen LogP contribution in [0.1, 0.15) is 33.6 Å². The van der Waals surface area contributed by atoms with E-state index in [-0.39, 0.29) is 42.2 Å². The SMILES string of the molecule is CC(C)(C)OCC(=O)NC12CC(NC(=O)COc3ccc(Cl)cc3)C1C2. The Morgan fingerprint density at radius 3 is 2.46 bits per heavy atom. The largest absolute Gasteiger partial charge is 0.484 e. The minimum absolute atomic E-state index is 0.0381. The first kappa shape index (κ1) is 19.0. The Morgan fingerprint density at radius 2 is 1.85 bits per heavy atom. The van der Waals surface area contributed by atoms with Crippen molar-refractivity contribution in [1.82, 2.24) is 10.6 Å². The zero-order chi connectivity index (χ0) is 18.9. The van der Waals surface area contributed by atoms with Gasteiger partial charge in [0.1, 0.15) is 12.4 Å². The highest BCUT2D eigenvalue weighted by atomic mass is 35.5. The number of carbonyl (C=O) groups excluding carboxylic acids is 2. The molecule has 0 aromatic heterocycles. The maximum Gasteiger partial charge on any atom is 0.258 e. The van der Waals surface area contributed by atoms with Gasteiger partial charge in [-0.1, -0.05) is 11.6 Å². The summed E-state index contributed by atoms with van der Waals surface area (Å²) < 4.78 is 10.9. The van der Waals surface area contributed by atoms with Gasteiger partial charge < -0.3 is 20.1 Å². The van der Waals surface area contributed by atoms with Crippen molar-refractivity contribution in [3.63, 3.8) is 0 Å². The van der Waals surface area contributed by atoms with Crippen LogP contribution in [0.2, 0.25) is 5.02 Å². The van der Waals surface area contributed by atoms with Crippen molar-refractivity contribution >= 4 is 23.4 Å². The van der Waals surface area contributed by atoms with E-state index in [9.17, 15) is 9.59 Å². The zero-order valence-electron chi connectivity index (χ0n) is 15.3. The van der Waals surface area contributed by atoms with E-state index in [1.54, 1.807) is 24.3 Å². The van der Waals surface area contributed by atoms with Crippen LogP contribution in [0.15, 0.2) is 24.3 Å². The smallest absolute Gasteiger partial charge is 0.258 e. The van der Waals surface area contributed by atoms with Crippen LogP contribution in [-0.4, -0.2) is 42.2 Å². The number of hydrogen-bond donors (Lipinski definition) is 2. The van der Waals surface area contributed by atoms with E-state index < -0.39 is 0 Å². The first-order valence-electron chi connectivity index (χ1n) is 8.80. The molecule has 7 heteroatoms. The highest BCUT2D eigenvalue weighted by Gasteiger charge is 2.68. The van der Waals surface area contributed by atoms with E-state index in [0.29, 0.717) is 16.7 Å². The van der Waals surface area contributed by atoms with Crippen molar-refractivity contribution in [3.05, 3.63) is 29.3 Å². The molecule has 1 aromatic rings. The lowest BCUT2D eigenvalue weighted by atomic mass is 9.86. The van der Waals surface area contributed by atoms with Gasteiger partial charge in [-0.15, -0.1) is 0 Å². The van der Waals surface area contributed by atoms with Crippen LogP contribution < -0.4 is 15.4 Å². The Kier molecular flexibility index (Phi) is 5.17. The molecule has 0 heterocycles. The molecule has 2 N–H and O–H groups in total. The van der Waals surface area contributed by atoms with Gasteiger partial charge in [-0.2, -0.15) is 0 Å². The number of fused-ring (bicyclic) bond motifs is 1. The zero-order valence-corrected chi connectivity index (χ0v) is 16.1. The summed E-state index contributed by atoms with van der Waals surface area (Å²) >= 11 is 5.81. The predicted octanol–water partition coefficient (Wildman–Crippen LogP) is 2.30. The lowest BCUT2D eigenvalue weighted by molar-refractivity contribution is -0.132. The summed E-state index contributed by atoms with van der Waals surface area (Å²) in [5.74, 6) is 0.650. The molecule has 2 saturated carbocycles. The third-order valence-corrected chi connectivity index (χ3v) is 5.01. The fourth-order valence-electron chi connectivity index (χ4n) is 3.34. The van der Waals surface area contributed by atoms with Gasteiger partial charge >= 0.3 is 0 Å². The lowest BCUT2D eigenvalue weighted by Gasteiger charge is -2.36. The summed E-state index contributed by atoms with van der Waals surface area (Å²) in [7, 11) is 0. The van der Waals surface area contributed by atoms with Gasteiger partial charge in [0.15, 0.2) is 6.61 Å². The monoisotopic (exact) mass is 380 g/mol. The number of benzene rings is 1. The Bertz CT molecular complexity index is 686. The summed E-state index contributed by atoms with van der Waals surface area (Å²) in [6, 6.07) is 6.97. The molecule has 2 fully saturated rings. The molecule has 1 aromatic carbocycles. The van der Waals surface area contributed by atoms with Crippen molar-refractivity contribution in [1.29, 1.82) is 0 Å². The molecule has 3 atom stereocenters. The predicted molar refractivity (Wildman–Crippen MR) is 98.2 cm³/mol. The molecule has 26 heavy (non-hydrogen) atoms. The average Bonchev–Trinajstić information content (AvgIpc) is 3.14. The summed E-state index contributed by atoms with van der Waals surface area (Å²) in [6.07, 6.45) is 1.66. The molecule has 2 aliphatic rings. The second-order valence-corrected chi connectivity index (χ2v) is 8.47. The summed E-state index contributed by atoms with van der Waals surface area (Å²) in [6.45, 7) is 5.77. The van der Waals surface area contributed by atoms with Crippen molar-refractivity contribution in [2.24, 2.45) is 5.92 Å². The topological polar surface area (TPSA) is 76.7 Å². The molecular formula is C19H25ClN2O4. The number of hydrogen-bond acceptors (Lipinski definition) is 4. The van der Waals surface area contributed by atoms with Gasteiger partial charge in [0.25, 0.3) is 5.91 Å². The molecule has 2 aliphatic carbocycles. The van der Waals surface area contributed by atoms with Gasteiger partial charge in [0.05, 0.1) is 5.60 Å². The molecular weight excluding hydrogens is 356 g/mol. The number of rotatable bonds is 7. The van der Waals surface area contributed by atoms with Gasteiger partial charge in [-0.25, -0.2) is 0 Å². The minimum atomic E-state index is -0.335. The third-order valence-electron chi connectivity index (χ3n) is 4.76. The Morgan fingerprint density at radius 1 is 1.15 bits per heavy atom. The van der Waals surface area contributed by atoms with E-state index in [4.69, 9.17) is 21.1 Å². The first-order valence-corrected chi connectivity index (χ1v) is 9.17. The lowest BCUT2D eigenvalue weighted by Crippen LogP contribution is -2.57. The summed E-state index contributed by atoms with van der Waals surface area (Å²) in [5.41, 5.74) is -0.481. The molecule has 6 nitrogen and oxygen atoms in total. The van der Waals surface area contributed by atoms with Gasteiger partial charge in [-0.3, -0.25) is 9.59 Å². The number of ether oxygens (including phenoxy) is 2. The van der Waals surface area contributed by atoms with E-state index >= 15 is 0 Å². The molecule has 142 valence electrons. The Balaban J connectivity index is 1.35. The van der Waals surface area contributed by atoms with Crippen molar-refractivity contribution < 1.29 is 19.1 Å². The first-order chi connectivity index (χ1) is 12.2. The molecule has 2 amide bonds. The quantitative estimate of drug-likeness (QED) is 0.761. The number of nitrogens with one attached hydrogen (secondary N) is 2. The molecule has 0 spiro atoms. The number of amides is 2. The summed E-state index contributed by atoms with van der Waals surface area (Å²) in [5, 5.41) is 6.64. The van der Waals surface area contributed by atoms with Crippen LogP contribution in [0, 0.1) is 5.92 Å². The fraction of sp³-hybridized carbons (Fsp3) is 0.579. The van der Waals surface area contributed by atoms with Crippen molar-refractivity contribution in [2.75, 3.05) is 13.2 Å². The number of halogens is 1. The van der Waals surface area contributed by atoms with Crippen LogP contribution in [-0.2, 0) is 14.3 Å². The van der Waals surface area contributed by atoms with Crippen LogP contribution in [0.5, 0.6) is 5.75 Å². The van der Waals surface area contributed by atoms with Crippen LogP contribution in [0.3, 0.4) is 0 Å². The molecule has 3 unspecified atom stereocenters. The van der Waals surface area contributed by atoms with Gasteiger partial charge in [0, 0.05) is 22.5 Å². The van der Waals surface area contributed by atoms with Gasteiger partial charge in [0.2, 0.25) is 5.91 Å². The molecule has 0 saturated heterocycles. The number of carbonyl (C=O) groups is 2. The third kappa shape index (κ3) is 4.68. The summed E-state index contributed by atoms with van der Waals surface area (Å²) in [4.78, 5) is 24.0. The average molecular weight is 381 g/mol. The normalized spacial score (nSPS) is 26.3. The second kappa shape index (κ2) is 7.08. The minimum Gasteiger partial charge on any atom is -0.484 e. The van der Waals surface area contributed by atoms with E-state index in [1.807, 2.05) is 20.8 Å². The van der Waals surface area contributed by atoms with E-state index in [1.165, 1.54) is 0 Å². The van der Waals surface area contributed by atoms with E-state index in [0.717, 1.165) is 12.8 Å². The Labute approximate surface area is 158 Å². The second-order valence-electron chi connectivity index (χ2n) is 8.04. The fourth-order valence-corrected chi connectivity index (χ4v) is 3.47. The van der Waals surface area contributed by atoms with Crippen molar-refractivity contribution in [2.45, 2.75) is 50.8 Å². The highest BCUT2D eigenvalue weighted by Crippen LogP contribution is 2.59. The maximum atomic E-state index is 12.0. The molecule has 0 bridgehead atoms. The Hall–Kier alpha value is -1.79. The van der Waals surface area contributed by atoms with Crippen LogP contribution in [0.4, 0.5) is 0 Å². The van der Waals surface area contributed by atoms with Crippen molar-refractivity contribution in [3.8, 4) is 5.75 Å². The standard InChI is InChI=1S/C19H25ClN2O4/c1-18(2,3)26-11-17(24)22-19-8-14(19)15(9-19)21-16(23)10-25-13-6-4-12(20)5-7-13/h4-7,14-15H,8-11H2,1-3H3,(H,21,23)(H,22,24).